The Bertz CT molecular complexity index is 931. The normalized spacial score (nSPS) is 15.3. The van der Waals surface area contributed by atoms with Crippen LogP contribution in [-0.4, -0.2) is 12.6 Å². The quantitative estimate of drug-likeness (QED) is 0.320. The third-order valence-electron chi connectivity index (χ3n) is 4.05. The first-order chi connectivity index (χ1) is 12.8. The maximum Gasteiger partial charge on any atom is 0.193 e. The molecule has 0 fully saturated rings. The molecule has 0 amide bonds. The summed E-state index contributed by atoms with van der Waals surface area (Å²) in [6.07, 6.45) is 0. The highest BCUT2D eigenvalue weighted by molar-refractivity contribution is 14.0. The SMILES string of the molecule is I.NC(=NC1COc2ccccc21)Nc1cccc(Oc2ccccc2)c1. The van der Waals surface area contributed by atoms with Gasteiger partial charge in [-0.25, -0.2) is 4.99 Å². The van der Waals surface area contributed by atoms with Crippen molar-refractivity contribution < 1.29 is 9.47 Å². The van der Waals surface area contributed by atoms with E-state index in [0.717, 1.165) is 28.5 Å². The van der Waals surface area contributed by atoms with Crippen LogP contribution in [0, 0.1) is 0 Å². The van der Waals surface area contributed by atoms with E-state index >= 15 is 0 Å². The second-order valence-corrected chi connectivity index (χ2v) is 5.95. The number of fused-ring (bicyclic) bond motifs is 1. The van der Waals surface area contributed by atoms with Gasteiger partial charge in [0.25, 0.3) is 0 Å². The Morgan fingerprint density at radius 3 is 2.56 bits per heavy atom. The first-order valence-corrected chi connectivity index (χ1v) is 8.43. The lowest BCUT2D eigenvalue weighted by atomic mass is 10.1. The zero-order valence-corrected chi connectivity index (χ0v) is 16.9. The number of hydrogen-bond acceptors (Lipinski definition) is 3. The first kappa shape index (κ1) is 19.0. The van der Waals surface area contributed by atoms with Crippen LogP contribution in [0.4, 0.5) is 5.69 Å². The molecule has 3 aromatic carbocycles. The summed E-state index contributed by atoms with van der Waals surface area (Å²) < 4.78 is 11.5. The summed E-state index contributed by atoms with van der Waals surface area (Å²) in [5.74, 6) is 2.72. The van der Waals surface area contributed by atoms with Crippen LogP contribution >= 0.6 is 24.0 Å². The monoisotopic (exact) mass is 473 g/mol. The van der Waals surface area contributed by atoms with Gasteiger partial charge in [0.1, 0.15) is 29.9 Å². The Kier molecular flexibility index (Phi) is 6.18. The average molecular weight is 473 g/mol. The van der Waals surface area contributed by atoms with Crippen molar-refractivity contribution in [1.29, 1.82) is 0 Å². The number of para-hydroxylation sites is 2. The fourth-order valence-corrected chi connectivity index (χ4v) is 2.86. The molecule has 27 heavy (non-hydrogen) atoms. The van der Waals surface area contributed by atoms with E-state index < -0.39 is 0 Å². The zero-order chi connectivity index (χ0) is 17.8. The zero-order valence-electron chi connectivity index (χ0n) is 14.5. The molecule has 0 saturated carbocycles. The number of ether oxygens (including phenoxy) is 2. The van der Waals surface area contributed by atoms with Crippen molar-refractivity contribution in [3.63, 3.8) is 0 Å². The number of anilines is 1. The fourth-order valence-electron chi connectivity index (χ4n) is 2.86. The van der Waals surface area contributed by atoms with Gasteiger partial charge in [0.15, 0.2) is 5.96 Å². The van der Waals surface area contributed by atoms with Crippen LogP contribution in [0.5, 0.6) is 17.2 Å². The molecule has 0 radical (unpaired) electrons. The largest absolute Gasteiger partial charge is 0.491 e. The standard InChI is InChI=1S/C21H19N3O2.HI/c22-21(24-19-14-25-20-12-5-4-11-18(19)20)23-15-7-6-10-17(13-15)26-16-8-2-1-3-9-16;/h1-13,19H,14H2,(H3,22,23,24);1H. The number of halogens is 1. The molecular formula is C21H20IN3O2. The number of aliphatic imine (C=N–C) groups is 1. The van der Waals surface area contributed by atoms with Gasteiger partial charge in [0.2, 0.25) is 0 Å². The minimum absolute atomic E-state index is 0. The molecule has 3 aromatic rings. The number of hydrogen-bond donors (Lipinski definition) is 2. The van der Waals surface area contributed by atoms with Crippen LogP contribution in [0.25, 0.3) is 0 Å². The summed E-state index contributed by atoms with van der Waals surface area (Å²) in [5.41, 5.74) is 7.95. The molecule has 1 aliphatic rings. The predicted molar refractivity (Wildman–Crippen MR) is 118 cm³/mol. The Balaban J connectivity index is 0.00000210. The van der Waals surface area contributed by atoms with E-state index in [1.54, 1.807) is 0 Å². The molecule has 4 rings (SSSR count). The van der Waals surface area contributed by atoms with Crippen LogP contribution in [-0.2, 0) is 0 Å². The van der Waals surface area contributed by atoms with Crippen LogP contribution in [0.15, 0.2) is 83.9 Å². The maximum absolute atomic E-state index is 6.09. The molecule has 6 heteroatoms. The molecular weight excluding hydrogens is 453 g/mol. The van der Waals surface area contributed by atoms with E-state index in [1.807, 2.05) is 78.9 Å². The second kappa shape index (κ2) is 8.77. The van der Waals surface area contributed by atoms with Crippen molar-refractivity contribution >= 4 is 35.6 Å². The summed E-state index contributed by atoms with van der Waals surface area (Å²) >= 11 is 0. The minimum Gasteiger partial charge on any atom is -0.491 e. The van der Waals surface area contributed by atoms with E-state index in [2.05, 4.69) is 10.3 Å². The molecule has 0 aliphatic carbocycles. The van der Waals surface area contributed by atoms with Crippen molar-refractivity contribution in [2.45, 2.75) is 6.04 Å². The molecule has 1 unspecified atom stereocenters. The van der Waals surface area contributed by atoms with E-state index in [9.17, 15) is 0 Å². The third-order valence-corrected chi connectivity index (χ3v) is 4.05. The lowest BCUT2D eigenvalue weighted by molar-refractivity contribution is 0.334. The van der Waals surface area contributed by atoms with Crippen molar-refractivity contribution in [2.75, 3.05) is 11.9 Å². The summed E-state index contributed by atoms with van der Waals surface area (Å²) in [4.78, 5) is 4.54. The molecule has 138 valence electrons. The lowest BCUT2D eigenvalue weighted by Gasteiger charge is -2.10. The number of rotatable bonds is 4. The van der Waals surface area contributed by atoms with E-state index in [1.165, 1.54) is 0 Å². The molecule has 1 aliphatic heterocycles. The summed E-state index contributed by atoms with van der Waals surface area (Å²) in [6, 6.07) is 25.0. The fraction of sp³-hybridized carbons (Fsp3) is 0.0952. The smallest absolute Gasteiger partial charge is 0.193 e. The summed E-state index contributed by atoms with van der Waals surface area (Å²) in [5, 5.41) is 3.12. The van der Waals surface area contributed by atoms with Gasteiger partial charge in [-0.05, 0) is 30.3 Å². The minimum atomic E-state index is -0.0950. The Morgan fingerprint density at radius 1 is 0.963 bits per heavy atom. The highest BCUT2D eigenvalue weighted by atomic mass is 127. The Hall–Kier alpha value is -2.74. The van der Waals surface area contributed by atoms with Gasteiger partial charge in [0, 0.05) is 17.3 Å². The molecule has 1 heterocycles. The molecule has 3 N–H and O–H groups in total. The predicted octanol–water partition coefficient (Wildman–Crippen LogP) is 4.96. The van der Waals surface area contributed by atoms with Crippen LogP contribution in [0.2, 0.25) is 0 Å². The molecule has 5 nitrogen and oxygen atoms in total. The highest BCUT2D eigenvalue weighted by Gasteiger charge is 2.23. The molecule has 0 saturated heterocycles. The topological polar surface area (TPSA) is 68.9 Å². The summed E-state index contributed by atoms with van der Waals surface area (Å²) in [6.45, 7) is 0.499. The maximum atomic E-state index is 6.09. The van der Waals surface area contributed by atoms with Gasteiger partial charge in [-0.3, -0.25) is 0 Å². The number of nitrogens with zero attached hydrogens (tertiary/aromatic N) is 1. The Morgan fingerprint density at radius 2 is 1.70 bits per heavy atom. The number of nitrogens with one attached hydrogen (secondary N) is 1. The van der Waals surface area contributed by atoms with Crippen molar-refractivity contribution in [3.05, 3.63) is 84.4 Å². The molecule has 1 atom stereocenters. The molecule has 0 aromatic heterocycles. The number of guanidine groups is 1. The van der Waals surface area contributed by atoms with Gasteiger partial charge in [-0.2, -0.15) is 0 Å². The first-order valence-electron chi connectivity index (χ1n) is 8.43. The van der Waals surface area contributed by atoms with Crippen LogP contribution in [0.3, 0.4) is 0 Å². The van der Waals surface area contributed by atoms with E-state index in [0.29, 0.717) is 12.6 Å². The number of benzene rings is 3. The van der Waals surface area contributed by atoms with Gasteiger partial charge < -0.3 is 20.5 Å². The highest BCUT2D eigenvalue weighted by Crippen LogP contribution is 2.34. The van der Waals surface area contributed by atoms with Crippen molar-refractivity contribution in [3.8, 4) is 17.2 Å². The molecule has 0 bridgehead atoms. The van der Waals surface area contributed by atoms with Crippen molar-refractivity contribution in [2.24, 2.45) is 10.7 Å². The third kappa shape index (κ3) is 4.71. The van der Waals surface area contributed by atoms with Gasteiger partial charge in [-0.1, -0.05) is 42.5 Å². The van der Waals surface area contributed by atoms with Crippen LogP contribution in [0.1, 0.15) is 11.6 Å². The summed E-state index contributed by atoms with van der Waals surface area (Å²) in [7, 11) is 0. The van der Waals surface area contributed by atoms with E-state index in [4.69, 9.17) is 15.2 Å². The van der Waals surface area contributed by atoms with Gasteiger partial charge in [0.05, 0.1) is 0 Å². The van der Waals surface area contributed by atoms with Gasteiger partial charge in [-0.15, -0.1) is 24.0 Å². The Labute approximate surface area is 175 Å². The molecule has 0 spiro atoms. The lowest BCUT2D eigenvalue weighted by Crippen LogP contribution is -2.23. The average Bonchev–Trinajstić information content (AvgIpc) is 3.06. The van der Waals surface area contributed by atoms with Crippen molar-refractivity contribution in [1.82, 2.24) is 0 Å². The van der Waals surface area contributed by atoms with E-state index in [-0.39, 0.29) is 30.0 Å². The number of nitrogens with two attached hydrogens (primary N) is 1. The van der Waals surface area contributed by atoms with Gasteiger partial charge >= 0.3 is 0 Å². The second-order valence-electron chi connectivity index (χ2n) is 5.95. The van der Waals surface area contributed by atoms with Crippen LogP contribution < -0.4 is 20.5 Å².